The molecule has 0 saturated heterocycles. The third-order valence-electron chi connectivity index (χ3n) is 4.74. The van der Waals surface area contributed by atoms with Gasteiger partial charge in [0.15, 0.2) is 5.82 Å². The molecule has 0 radical (unpaired) electrons. The van der Waals surface area contributed by atoms with E-state index in [0.717, 1.165) is 28.2 Å². The first-order valence-corrected chi connectivity index (χ1v) is 10.7. The Labute approximate surface area is 179 Å². The summed E-state index contributed by atoms with van der Waals surface area (Å²) in [7, 11) is 0. The quantitative estimate of drug-likeness (QED) is 0.461. The minimum atomic E-state index is -0.0763. The lowest BCUT2D eigenvalue weighted by Crippen LogP contribution is -2.16. The minimum absolute atomic E-state index is 0.0763. The molecule has 0 aliphatic heterocycles. The molecule has 2 aromatic carbocycles. The van der Waals surface area contributed by atoms with Gasteiger partial charge >= 0.3 is 0 Å². The van der Waals surface area contributed by atoms with E-state index in [0.29, 0.717) is 5.16 Å². The maximum absolute atomic E-state index is 12.6. The number of anilines is 1. The molecule has 6 nitrogen and oxygen atoms in total. The molecule has 0 atom stereocenters. The molecule has 0 bridgehead atoms. The molecule has 0 spiro atoms. The summed E-state index contributed by atoms with van der Waals surface area (Å²) < 4.78 is 3.83. The molecule has 0 aliphatic rings. The standard InChI is InChI=1S/C23H23N5OS/c1-16-7-10-19(11-8-16)22-25-26-23(28(22)27-12-4-5-13-27)30-15-21(29)24-20-14-17(2)6-9-18(20)3/h4-14H,15H2,1-3H3,(H,24,29). The van der Waals surface area contributed by atoms with E-state index in [1.165, 1.54) is 17.3 Å². The molecular weight excluding hydrogens is 394 g/mol. The first kappa shape index (κ1) is 20.0. The summed E-state index contributed by atoms with van der Waals surface area (Å²) in [6.07, 6.45) is 3.86. The smallest absolute Gasteiger partial charge is 0.234 e. The van der Waals surface area contributed by atoms with Crippen molar-refractivity contribution in [2.45, 2.75) is 25.9 Å². The van der Waals surface area contributed by atoms with Gasteiger partial charge in [-0.25, -0.2) is 4.68 Å². The molecular formula is C23H23N5OS. The number of aromatic nitrogens is 4. The van der Waals surface area contributed by atoms with Gasteiger partial charge in [-0.1, -0.05) is 53.7 Å². The number of rotatable bonds is 6. The number of nitrogens with zero attached hydrogens (tertiary/aromatic N) is 4. The lowest BCUT2D eigenvalue weighted by atomic mass is 10.1. The average molecular weight is 418 g/mol. The highest BCUT2D eigenvalue weighted by molar-refractivity contribution is 7.99. The van der Waals surface area contributed by atoms with E-state index in [1.807, 2.05) is 78.1 Å². The number of hydrogen-bond acceptors (Lipinski definition) is 4. The summed E-state index contributed by atoms with van der Waals surface area (Å²) in [5.41, 5.74) is 5.14. The Morgan fingerprint density at radius 2 is 1.67 bits per heavy atom. The van der Waals surface area contributed by atoms with Crippen molar-refractivity contribution >= 4 is 23.4 Å². The van der Waals surface area contributed by atoms with Crippen LogP contribution in [0.1, 0.15) is 16.7 Å². The summed E-state index contributed by atoms with van der Waals surface area (Å²) in [5, 5.41) is 12.4. The van der Waals surface area contributed by atoms with Gasteiger partial charge in [-0.3, -0.25) is 9.47 Å². The summed E-state index contributed by atoms with van der Waals surface area (Å²) in [5.74, 6) is 0.886. The zero-order chi connectivity index (χ0) is 21.1. The van der Waals surface area contributed by atoms with E-state index >= 15 is 0 Å². The summed E-state index contributed by atoms with van der Waals surface area (Å²) in [6, 6.07) is 18.1. The fourth-order valence-corrected chi connectivity index (χ4v) is 3.83. The predicted octanol–water partition coefficient (Wildman–Crippen LogP) is 4.71. The molecule has 4 aromatic rings. The Hall–Kier alpha value is -3.32. The van der Waals surface area contributed by atoms with Gasteiger partial charge in [0.05, 0.1) is 5.75 Å². The largest absolute Gasteiger partial charge is 0.325 e. The van der Waals surface area contributed by atoms with E-state index in [1.54, 1.807) is 0 Å². The topological polar surface area (TPSA) is 64.7 Å². The molecule has 30 heavy (non-hydrogen) atoms. The number of hydrogen-bond donors (Lipinski definition) is 1. The number of aryl methyl sites for hydroxylation is 3. The number of nitrogens with one attached hydrogen (secondary N) is 1. The van der Waals surface area contributed by atoms with Crippen molar-refractivity contribution in [2.24, 2.45) is 0 Å². The van der Waals surface area contributed by atoms with E-state index in [9.17, 15) is 4.79 Å². The van der Waals surface area contributed by atoms with E-state index in [2.05, 4.69) is 34.6 Å². The average Bonchev–Trinajstić information content (AvgIpc) is 3.39. The Morgan fingerprint density at radius 1 is 0.967 bits per heavy atom. The first-order valence-electron chi connectivity index (χ1n) is 9.67. The van der Waals surface area contributed by atoms with Gasteiger partial charge in [0.25, 0.3) is 0 Å². The molecule has 7 heteroatoms. The number of carbonyl (C=O) groups is 1. The van der Waals surface area contributed by atoms with Crippen LogP contribution in [-0.2, 0) is 4.79 Å². The van der Waals surface area contributed by atoms with Crippen LogP contribution in [0.25, 0.3) is 11.4 Å². The molecule has 4 rings (SSSR count). The van der Waals surface area contributed by atoms with E-state index in [4.69, 9.17) is 0 Å². The van der Waals surface area contributed by atoms with Crippen molar-refractivity contribution in [3.8, 4) is 11.4 Å². The highest BCUT2D eigenvalue weighted by atomic mass is 32.2. The molecule has 0 unspecified atom stereocenters. The fraction of sp³-hybridized carbons (Fsp3) is 0.174. The summed E-state index contributed by atoms with van der Waals surface area (Å²) in [4.78, 5) is 12.6. The second-order valence-corrected chi connectivity index (χ2v) is 8.14. The maximum Gasteiger partial charge on any atom is 0.234 e. The molecule has 2 aromatic heterocycles. The van der Waals surface area contributed by atoms with Crippen molar-refractivity contribution in [2.75, 3.05) is 11.1 Å². The monoisotopic (exact) mass is 417 g/mol. The van der Waals surface area contributed by atoms with Crippen LogP contribution in [0.4, 0.5) is 5.69 Å². The third-order valence-corrected chi connectivity index (χ3v) is 5.66. The zero-order valence-corrected chi connectivity index (χ0v) is 18.0. The van der Waals surface area contributed by atoms with Crippen LogP contribution in [-0.4, -0.2) is 31.2 Å². The summed E-state index contributed by atoms with van der Waals surface area (Å²) in [6.45, 7) is 6.05. The number of thioether (sulfide) groups is 1. The van der Waals surface area contributed by atoms with Crippen molar-refractivity contribution in [3.63, 3.8) is 0 Å². The van der Waals surface area contributed by atoms with Crippen molar-refractivity contribution < 1.29 is 4.79 Å². The van der Waals surface area contributed by atoms with Gasteiger partial charge in [0.2, 0.25) is 11.1 Å². The maximum atomic E-state index is 12.6. The van der Waals surface area contributed by atoms with Gasteiger partial charge in [0.1, 0.15) is 0 Å². The Kier molecular flexibility index (Phi) is 5.72. The van der Waals surface area contributed by atoms with Gasteiger partial charge in [-0.05, 0) is 50.1 Å². The number of carbonyl (C=O) groups excluding carboxylic acids is 1. The third kappa shape index (κ3) is 4.31. The fourth-order valence-electron chi connectivity index (χ4n) is 3.09. The lowest BCUT2D eigenvalue weighted by Gasteiger charge is -2.12. The van der Waals surface area contributed by atoms with Crippen LogP contribution < -0.4 is 5.32 Å². The normalized spacial score (nSPS) is 10.9. The second kappa shape index (κ2) is 8.59. The van der Waals surface area contributed by atoms with Crippen LogP contribution in [0.5, 0.6) is 0 Å². The van der Waals surface area contributed by atoms with E-state index < -0.39 is 0 Å². The second-order valence-electron chi connectivity index (χ2n) is 7.20. The van der Waals surface area contributed by atoms with Gasteiger partial charge in [-0.15, -0.1) is 10.2 Å². The molecule has 1 amide bonds. The molecule has 0 fully saturated rings. The van der Waals surface area contributed by atoms with Crippen LogP contribution >= 0.6 is 11.8 Å². The van der Waals surface area contributed by atoms with Crippen LogP contribution in [0.3, 0.4) is 0 Å². The first-order chi connectivity index (χ1) is 14.5. The van der Waals surface area contributed by atoms with Crippen molar-refractivity contribution in [3.05, 3.63) is 83.7 Å². The van der Waals surface area contributed by atoms with Gasteiger partial charge < -0.3 is 5.32 Å². The molecule has 2 heterocycles. The zero-order valence-electron chi connectivity index (χ0n) is 17.2. The highest BCUT2D eigenvalue weighted by Gasteiger charge is 2.17. The molecule has 0 saturated carbocycles. The van der Waals surface area contributed by atoms with Crippen LogP contribution in [0.15, 0.2) is 72.1 Å². The number of benzene rings is 2. The Bertz CT molecular complexity index is 1160. The predicted molar refractivity (Wildman–Crippen MR) is 121 cm³/mol. The van der Waals surface area contributed by atoms with E-state index in [-0.39, 0.29) is 11.7 Å². The van der Waals surface area contributed by atoms with Crippen LogP contribution in [0, 0.1) is 20.8 Å². The van der Waals surface area contributed by atoms with Crippen molar-refractivity contribution in [1.29, 1.82) is 0 Å². The van der Waals surface area contributed by atoms with Crippen LogP contribution in [0.2, 0.25) is 0 Å². The SMILES string of the molecule is Cc1ccc(-c2nnc(SCC(=O)Nc3cc(C)ccc3C)n2-n2cccc2)cc1. The summed E-state index contributed by atoms with van der Waals surface area (Å²) >= 11 is 1.36. The number of amides is 1. The Morgan fingerprint density at radius 3 is 2.40 bits per heavy atom. The lowest BCUT2D eigenvalue weighted by molar-refractivity contribution is -0.113. The molecule has 0 aliphatic carbocycles. The molecule has 1 N–H and O–H groups in total. The minimum Gasteiger partial charge on any atom is -0.325 e. The van der Waals surface area contributed by atoms with Crippen molar-refractivity contribution in [1.82, 2.24) is 19.5 Å². The van der Waals surface area contributed by atoms with Gasteiger partial charge in [0, 0.05) is 23.6 Å². The van der Waals surface area contributed by atoms with Gasteiger partial charge in [-0.2, -0.15) is 0 Å². The molecule has 152 valence electrons. The highest BCUT2D eigenvalue weighted by Crippen LogP contribution is 2.25. The Balaban J connectivity index is 1.56.